The van der Waals surface area contributed by atoms with Gasteiger partial charge in [-0.1, -0.05) is 120 Å². The molecule has 1 fully saturated rings. The third-order valence-electron chi connectivity index (χ3n) is 6.86. The molecule has 1 aliphatic rings. The lowest BCUT2D eigenvalue weighted by molar-refractivity contribution is 0.0386. The molecule has 1 rings (SSSR count). The molecule has 3 atom stereocenters. The average Bonchev–Trinajstić information content (AvgIpc) is 2.73. The maximum absolute atomic E-state index is 3.00. The van der Waals surface area contributed by atoms with E-state index in [1.54, 1.807) is 0 Å². The van der Waals surface area contributed by atoms with Crippen LogP contribution in [0.15, 0.2) is 25.3 Å². The van der Waals surface area contributed by atoms with Gasteiger partial charge in [0.1, 0.15) is 0 Å². The molecule has 0 aliphatic heterocycles. The highest BCUT2D eigenvalue weighted by Crippen LogP contribution is 2.50. The Kier molecular flexibility index (Phi) is 29.4. The van der Waals surface area contributed by atoms with Crippen molar-refractivity contribution in [1.29, 1.82) is 0 Å². The van der Waals surface area contributed by atoms with Gasteiger partial charge in [0.2, 0.25) is 0 Å². The van der Waals surface area contributed by atoms with Crippen LogP contribution in [0.4, 0.5) is 0 Å². The molecule has 1 saturated carbocycles. The summed E-state index contributed by atoms with van der Waals surface area (Å²) < 4.78 is 0. The van der Waals surface area contributed by atoms with Gasteiger partial charge in [-0.05, 0) is 55.8 Å². The van der Waals surface area contributed by atoms with E-state index >= 15 is 0 Å². The van der Waals surface area contributed by atoms with Crippen molar-refractivity contribution < 1.29 is 0 Å². The normalized spacial score (nSPS) is 24.0. The summed E-state index contributed by atoms with van der Waals surface area (Å²) >= 11 is 0. The highest BCUT2D eigenvalue weighted by Gasteiger charge is 2.40. The Balaban J connectivity index is -0.000000198. The van der Waals surface area contributed by atoms with E-state index < -0.39 is 0 Å². The van der Waals surface area contributed by atoms with Crippen LogP contribution in [0.25, 0.3) is 0 Å². The minimum atomic E-state index is 0.507. The molecule has 0 aromatic carbocycles. The van der Waals surface area contributed by atoms with E-state index in [1.165, 1.54) is 57.8 Å². The van der Waals surface area contributed by atoms with Crippen LogP contribution in [0, 0.1) is 22.7 Å². The predicted octanol–water partition coefficient (Wildman–Crippen LogP) is 11.3. The van der Waals surface area contributed by atoms with Crippen LogP contribution in [-0.4, -0.2) is 0 Å². The topological polar surface area (TPSA) is 0 Å². The van der Waals surface area contributed by atoms with Crippen LogP contribution in [0.3, 0.4) is 0 Å². The van der Waals surface area contributed by atoms with E-state index in [4.69, 9.17) is 0 Å². The van der Waals surface area contributed by atoms with Crippen molar-refractivity contribution in [2.24, 2.45) is 22.7 Å². The van der Waals surface area contributed by atoms with Gasteiger partial charge in [0.25, 0.3) is 0 Å². The molecule has 0 nitrogen and oxygen atoms in total. The first kappa shape index (κ1) is 35.9. The zero-order chi connectivity index (χ0) is 23.9. The number of hydrogen-bond donors (Lipinski definition) is 0. The molecule has 0 N–H and O–H groups in total. The van der Waals surface area contributed by atoms with Gasteiger partial charge in [-0.15, -0.1) is 13.2 Å². The van der Waals surface area contributed by atoms with Crippen molar-refractivity contribution >= 4 is 0 Å². The third kappa shape index (κ3) is 19.2. The second kappa shape index (κ2) is 23.8. The van der Waals surface area contributed by atoms with Crippen LogP contribution in [-0.2, 0) is 0 Å². The van der Waals surface area contributed by atoms with Gasteiger partial charge < -0.3 is 0 Å². The van der Waals surface area contributed by atoms with Crippen LogP contribution in [0.5, 0.6) is 0 Å². The molecule has 0 heterocycles. The van der Waals surface area contributed by atoms with Gasteiger partial charge in [0.05, 0.1) is 0 Å². The largest absolute Gasteiger partial charge is 0.106 e. The first-order valence-corrected chi connectivity index (χ1v) is 12.6. The predicted molar refractivity (Wildman–Crippen MR) is 142 cm³/mol. The van der Waals surface area contributed by atoms with Crippen molar-refractivity contribution in [3.8, 4) is 0 Å². The van der Waals surface area contributed by atoms with E-state index in [9.17, 15) is 0 Å². The molecule has 0 saturated heterocycles. The van der Waals surface area contributed by atoms with Crippen LogP contribution >= 0.6 is 0 Å². The maximum Gasteiger partial charge on any atom is -0.0275 e. The zero-order valence-electron chi connectivity index (χ0n) is 23.1. The highest BCUT2D eigenvalue weighted by molar-refractivity contribution is 4.90. The Morgan fingerprint density at radius 3 is 1.52 bits per heavy atom. The second-order valence-corrected chi connectivity index (χ2v) is 9.56. The maximum atomic E-state index is 3.00. The third-order valence-corrected chi connectivity index (χ3v) is 6.86. The monoisotopic (exact) mass is 410 g/mol. The fraction of sp³-hybridized carbons (Fsp3) is 0.862. The second-order valence-electron chi connectivity index (χ2n) is 9.56. The van der Waals surface area contributed by atoms with Gasteiger partial charge in [-0.25, -0.2) is 0 Å². The molecule has 1 aliphatic carbocycles. The molecule has 178 valence electrons. The minimum Gasteiger partial charge on any atom is -0.106 e. The molecule has 3 unspecified atom stereocenters. The molecule has 0 amide bonds. The van der Waals surface area contributed by atoms with Gasteiger partial charge in [0.15, 0.2) is 0 Å². The lowest BCUT2D eigenvalue weighted by Crippen LogP contribution is -2.36. The van der Waals surface area contributed by atoms with E-state index in [2.05, 4.69) is 82.4 Å². The Labute approximate surface area is 189 Å². The number of unbranched alkanes of at least 4 members (excludes halogenated alkanes) is 1. The molecule has 0 spiro atoms. The lowest BCUT2D eigenvalue weighted by atomic mass is 9.59. The quantitative estimate of drug-likeness (QED) is 0.406. The van der Waals surface area contributed by atoms with Crippen molar-refractivity contribution in [3.05, 3.63) is 25.3 Å². The molecule has 29 heavy (non-hydrogen) atoms. The molecule has 0 heteroatoms. The summed E-state index contributed by atoms with van der Waals surface area (Å²) in [6.45, 7) is 33.4. The average molecular weight is 411 g/mol. The Hall–Kier alpha value is -0.520. The lowest BCUT2D eigenvalue weighted by Gasteiger charge is -2.47. The first-order chi connectivity index (χ1) is 13.6. The summed E-state index contributed by atoms with van der Waals surface area (Å²) in [6, 6.07) is 0. The smallest absolute Gasteiger partial charge is 0.0275 e. The number of rotatable bonds is 3. The van der Waals surface area contributed by atoms with Gasteiger partial charge in [-0.3, -0.25) is 0 Å². The van der Waals surface area contributed by atoms with Crippen LogP contribution in [0.1, 0.15) is 141 Å². The van der Waals surface area contributed by atoms with Gasteiger partial charge >= 0.3 is 0 Å². The molecule has 0 bridgehead atoms. The molecule has 0 radical (unpaired) electrons. The summed E-state index contributed by atoms with van der Waals surface area (Å²) in [5.41, 5.74) is 1.07. The van der Waals surface area contributed by atoms with Crippen molar-refractivity contribution in [1.82, 2.24) is 0 Å². The Morgan fingerprint density at radius 1 is 0.828 bits per heavy atom. The molecular formula is C29H62. The van der Waals surface area contributed by atoms with Crippen molar-refractivity contribution in [2.75, 3.05) is 0 Å². The van der Waals surface area contributed by atoms with Crippen molar-refractivity contribution in [3.63, 3.8) is 0 Å². The summed E-state index contributed by atoms with van der Waals surface area (Å²) in [4.78, 5) is 0. The first-order valence-electron chi connectivity index (χ1n) is 12.6. The van der Waals surface area contributed by atoms with E-state index in [-0.39, 0.29) is 0 Å². The molecule has 0 aromatic heterocycles. The van der Waals surface area contributed by atoms with E-state index in [0.29, 0.717) is 10.8 Å². The van der Waals surface area contributed by atoms with Crippen LogP contribution in [0.2, 0.25) is 0 Å². The van der Waals surface area contributed by atoms with Crippen molar-refractivity contribution in [2.45, 2.75) is 141 Å². The fourth-order valence-electron chi connectivity index (χ4n) is 3.16. The Bertz CT molecular complexity index is 319. The van der Waals surface area contributed by atoms with Gasteiger partial charge in [-0.2, -0.15) is 0 Å². The number of hydrogen-bond acceptors (Lipinski definition) is 0. The van der Waals surface area contributed by atoms with Gasteiger partial charge in [0, 0.05) is 0 Å². The highest BCUT2D eigenvalue weighted by atomic mass is 14.4. The fourth-order valence-corrected chi connectivity index (χ4v) is 3.16. The van der Waals surface area contributed by atoms with E-state index in [1.807, 2.05) is 26.0 Å². The zero-order valence-corrected chi connectivity index (χ0v) is 23.1. The Morgan fingerprint density at radius 2 is 1.21 bits per heavy atom. The van der Waals surface area contributed by atoms with Crippen LogP contribution < -0.4 is 0 Å². The van der Waals surface area contributed by atoms with E-state index in [0.717, 1.165) is 11.8 Å². The SMILES string of the molecule is C/C=C/C.C=C.CCC.CCC(C)(C)C1(C)CCCC(C)C(C)CC1.CCCC. The molecule has 0 aromatic rings. The molecular weight excluding hydrogens is 348 g/mol. The minimum absolute atomic E-state index is 0.507. The number of allylic oxidation sites excluding steroid dienone is 2. The summed E-state index contributed by atoms with van der Waals surface area (Å²) in [5.74, 6) is 1.86. The summed E-state index contributed by atoms with van der Waals surface area (Å²) in [7, 11) is 0. The summed E-state index contributed by atoms with van der Waals surface area (Å²) in [5, 5.41) is 0. The standard InChI is InChI=1S/C16H32.C4H10.C4H8.C3H8.C2H4/c1-7-15(4,5)16(6)11-8-9-13(2)14(3)10-12-16;2*1-3-4-2;1-3-2;1-2/h13-14H,7-12H2,1-6H3;3-4H2,1-2H3;3-4H,1-2H3;3H2,1-2H3;1-2H2/b;;4-3+;;. The summed E-state index contributed by atoms with van der Waals surface area (Å²) in [6.07, 6.45) is 16.4.